The summed E-state index contributed by atoms with van der Waals surface area (Å²) in [6.45, 7) is 1.98. The number of Topliss-reactive ketones (excluding diaryl/α,β-unsaturated/α-hetero) is 1. The maximum Gasteiger partial charge on any atom is 0.337 e. The molecule has 0 aromatic heterocycles. The molecule has 0 fully saturated rings. The van der Waals surface area contributed by atoms with Crippen molar-refractivity contribution in [3.05, 3.63) is 128 Å². The molecule has 2 atom stereocenters. The molecule has 4 nitrogen and oxygen atoms in total. The first-order chi connectivity index (χ1) is 17.4. The summed E-state index contributed by atoms with van der Waals surface area (Å²) in [5.41, 5.74) is 5.11. The molecule has 182 valence electrons. The quantitative estimate of drug-likeness (QED) is 0.366. The first-order valence-corrected chi connectivity index (χ1v) is 12.6. The molecule has 0 bridgehead atoms. The molecule has 3 aromatic carbocycles. The van der Waals surface area contributed by atoms with E-state index in [9.17, 15) is 9.59 Å². The fourth-order valence-corrected chi connectivity index (χ4v) is 5.64. The Kier molecular flexibility index (Phi) is 6.99. The van der Waals surface area contributed by atoms with Crippen molar-refractivity contribution in [2.45, 2.75) is 38.2 Å². The minimum atomic E-state index is -0.640. The van der Waals surface area contributed by atoms with Crippen molar-refractivity contribution in [3.63, 3.8) is 0 Å². The molecule has 1 N–H and O–H groups in total. The van der Waals surface area contributed by atoms with Crippen LogP contribution in [0.15, 0.2) is 101 Å². The third kappa shape index (κ3) is 4.84. The zero-order valence-corrected chi connectivity index (χ0v) is 21.3. The normalized spacial score (nSPS) is 19.6. The Hall–Kier alpha value is -3.34. The van der Waals surface area contributed by atoms with Crippen molar-refractivity contribution in [3.8, 4) is 0 Å². The number of halogens is 2. The van der Waals surface area contributed by atoms with Crippen molar-refractivity contribution >= 4 is 35.0 Å². The van der Waals surface area contributed by atoms with Gasteiger partial charge in [0, 0.05) is 39.4 Å². The summed E-state index contributed by atoms with van der Waals surface area (Å²) >= 11 is 12.8. The second-order valence-electron chi connectivity index (χ2n) is 9.16. The Morgan fingerprint density at radius 3 is 2.36 bits per heavy atom. The van der Waals surface area contributed by atoms with Crippen LogP contribution >= 0.6 is 23.2 Å². The number of allylic oxidation sites excluding steroid dienone is 3. The van der Waals surface area contributed by atoms with Crippen LogP contribution in [0.25, 0.3) is 0 Å². The Morgan fingerprint density at radius 2 is 1.67 bits per heavy atom. The van der Waals surface area contributed by atoms with Crippen LogP contribution in [0.4, 0.5) is 0 Å². The first-order valence-electron chi connectivity index (χ1n) is 11.9. The predicted molar refractivity (Wildman–Crippen MR) is 142 cm³/mol. The summed E-state index contributed by atoms with van der Waals surface area (Å²) < 4.78 is 5.72. The largest absolute Gasteiger partial charge is 0.457 e. The summed E-state index contributed by atoms with van der Waals surface area (Å²) in [4.78, 5) is 27.2. The van der Waals surface area contributed by atoms with Gasteiger partial charge in [0.25, 0.3) is 0 Å². The number of hydrogen-bond donors (Lipinski definition) is 1. The number of rotatable bonds is 5. The van der Waals surface area contributed by atoms with E-state index < -0.39 is 11.9 Å². The minimum absolute atomic E-state index is 0.00511. The van der Waals surface area contributed by atoms with Gasteiger partial charge in [-0.05, 0) is 48.1 Å². The van der Waals surface area contributed by atoms with Crippen LogP contribution in [0.1, 0.15) is 48.3 Å². The fourth-order valence-electron chi connectivity index (χ4n) is 5.12. The topological polar surface area (TPSA) is 55.4 Å². The van der Waals surface area contributed by atoms with Crippen LogP contribution in [0, 0.1) is 0 Å². The molecule has 0 spiro atoms. The zero-order valence-electron chi connectivity index (χ0n) is 19.8. The molecule has 0 radical (unpaired) electrons. The molecule has 3 aromatic rings. The minimum Gasteiger partial charge on any atom is -0.457 e. The van der Waals surface area contributed by atoms with Gasteiger partial charge < -0.3 is 10.1 Å². The van der Waals surface area contributed by atoms with E-state index in [0.29, 0.717) is 45.3 Å². The monoisotopic (exact) mass is 517 g/mol. The van der Waals surface area contributed by atoms with Crippen molar-refractivity contribution in [2.24, 2.45) is 0 Å². The van der Waals surface area contributed by atoms with Crippen LogP contribution in [0.3, 0.4) is 0 Å². The van der Waals surface area contributed by atoms with Gasteiger partial charge in [-0.3, -0.25) is 4.79 Å². The van der Waals surface area contributed by atoms with E-state index in [1.54, 1.807) is 18.2 Å². The molecular formula is C30H25Cl2NO3. The Balaban J connectivity index is 1.54. The number of nitrogens with one attached hydrogen (secondary N) is 1. The standard InChI is InChI=1S/C30H25Cl2NO3/c1-18-27(30(35)36-17-19-8-4-2-5-9-19)28(23-13-12-22(31)16-24(23)32)29-25(33-18)14-21(15-26(29)34)20-10-6-3-7-11-20/h2-13,16,21,28,33H,14-15,17H2,1H3/t21-,28+/m1/s1. The highest BCUT2D eigenvalue weighted by molar-refractivity contribution is 6.35. The smallest absolute Gasteiger partial charge is 0.337 e. The summed E-state index contributed by atoms with van der Waals surface area (Å²) in [6.07, 6.45) is 1.02. The zero-order chi connectivity index (χ0) is 25.2. The molecule has 1 heterocycles. The molecule has 1 aliphatic carbocycles. The van der Waals surface area contributed by atoms with Crippen molar-refractivity contribution in [2.75, 3.05) is 0 Å². The van der Waals surface area contributed by atoms with Crippen LogP contribution in [-0.4, -0.2) is 11.8 Å². The third-order valence-corrected chi connectivity index (χ3v) is 7.37. The van der Waals surface area contributed by atoms with E-state index in [1.807, 2.05) is 55.5 Å². The summed E-state index contributed by atoms with van der Waals surface area (Å²) in [7, 11) is 0. The number of ketones is 1. The number of esters is 1. The van der Waals surface area contributed by atoms with Gasteiger partial charge in [0.05, 0.1) is 5.57 Å². The third-order valence-electron chi connectivity index (χ3n) is 6.80. The number of hydrogen-bond acceptors (Lipinski definition) is 4. The van der Waals surface area contributed by atoms with Crippen molar-refractivity contribution < 1.29 is 14.3 Å². The molecule has 0 amide bonds. The van der Waals surface area contributed by atoms with Gasteiger partial charge in [0.1, 0.15) is 6.61 Å². The molecule has 0 saturated heterocycles. The molecular weight excluding hydrogens is 493 g/mol. The Labute approximate surface area is 220 Å². The van der Waals surface area contributed by atoms with E-state index in [1.165, 1.54) is 0 Å². The fraction of sp³-hybridized carbons (Fsp3) is 0.200. The maximum absolute atomic E-state index is 13.7. The van der Waals surface area contributed by atoms with Gasteiger partial charge in [-0.25, -0.2) is 4.79 Å². The summed E-state index contributed by atoms with van der Waals surface area (Å²) in [6, 6.07) is 24.7. The lowest BCUT2D eigenvalue weighted by Gasteiger charge is -2.37. The van der Waals surface area contributed by atoms with Crippen LogP contribution < -0.4 is 5.32 Å². The van der Waals surface area contributed by atoms with Gasteiger partial charge >= 0.3 is 5.97 Å². The molecule has 6 heteroatoms. The van der Waals surface area contributed by atoms with Gasteiger partial charge in [-0.1, -0.05) is 89.9 Å². The average molecular weight is 518 g/mol. The highest BCUT2D eigenvalue weighted by Crippen LogP contribution is 2.47. The highest BCUT2D eigenvalue weighted by atomic mass is 35.5. The van der Waals surface area contributed by atoms with Gasteiger partial charge in [-0.2, -0.15) is 0 Å². The number of ether oxygens (including phenoxy) is 1. The lowest BCUT2D eigenvalue weighted by molar-refractivity contribution is -0.140. The van der Waals surface area contributed by atoms with E-state index in [0.717, 1.165) is 16.8 Å². The number of carbonyl (C=O) groups excluding carboxylic acids is 2. The number of dihydropyridines is 1. The molecule has 1 aliphatic heterocycles. The van der Waals surface area contributed by atoms with Crippen LogP contribution in [0.2, 0.25) is 10.0 Å². The predicted octanol–water partition coefficient (Wildman–Crippen LogP) is 7.10. The van der Waals surface area contributed by atoms with Gasteiger partial charge in [-0.15, -0.1) is 0 Å². The summed E-state index contributed by atoms with van der Waals surface area (Å²) in [5, 5.41) is 4.27. The van der Waals surface area contributed by atoms with Gasteiger partial charge in [0.15, 0.2) is 5.78 Å². The van der Waals surface area contributed by atoms with E-state index in [2.05, 4.69) is 17.4 Å². The second kappa shape index (κ2) is 10.3. The lowest BCUT2D eigenvalue weighted by atomic mass is 9.71. The maximum atomic E-state index is 13.7. The number of carbonyl (C=O) groups is 2. The SMILES string of the molecule is CC1=C(C(=O)OCc2ccccc2)[C@H](c2ccc(Cl)cc2Cl)C2=C(C[C@@H](c3ccccc3)CC2=O)N1. The molecule has 0 unspecified atom stereocenters. The number of benzene rings is 3. The lowest BCUT2D eigenvalue weighted by Crippen LogP contribution is -2.36. The van der Waals surface area contributed by atoms with E-state index in [-0.39, 0.29) is 18.3 Å². The van der Waals surface area contributed by atoms with E-state index >= 15 is 0 Å². The molecule has 36 heavy (non-hydrogen) atoms. The average Bonchev–Trinajstić information content (AvgIpc) is 2.87. The van der Waals surface area contributed by atoms with Crippen LogP contribution in [0.5, 0.6) is 0 Å². The van der Waals surface area contributed by atoms with Crippen LogP contribution in [-0.2, 0) is 20.9 Å². The highest BCUT2D eigenvalue weighted by Gasteiger charge is 2.42. The molecule has 0 saturated carbocycles. The summed E-state index contributed by atoms with van der Waals surface area (Å²) in [5.74, 6) is -1.07. The molecule has 2 aliphatic rings. The second-order valence-corrected chi connectivity index (χ2v) is 10.00. The Bertz CT molecular complexity index is 1380. The Morgan fingerprint density at radius 1 is 0.972 bits per heavy atom. The first kappa shape index (κ1) is 24.4. The van der Waals surface area contributed by atoms with Crippen molar-refractivity contribution in [1.29, 1.82) is 0 Å². The van der Waals surface area contributed by atoms with E-state index in [4.69, 9.17) is 27.9 Å². The van der Waals surface area contributed by atoms with Gasteiger partial charge in [0.2, 0.25) is 0 Å². The van der Waals surface area contributed by atoms with Crippen molar-refractivity contribution in [1.82, 2.24) is 5.32 Å². The molecule has 5 rings (SSSR count).